The first-order valence-corrected chi connectivity index (χ1v) is 10.5. The summed E-state index contributed by atoms with van der Waals surface area (Å²) in [6.07, 6.45) is 1.45. The standard InChI is InChI=1S/C26H21ClN2O3/c1-16-3-7-18(8-4-16)25(31)22-14-29(23-12-9-19(27)13-21(23)26(22)32)15-24(30)28-20-10-5-17(2)6-11-20/h3-14H,15H2,1-2H3,(H,28,30). The average Bonchev–Trinajstić information content (AvgIpc) is 2.77. The van der Waals surface area contributed by atoms with Gasteiger partial charge in [-0.05, 0) is 44.2 Å². The maximum atomic E-state index is 13.1. The molecule has 1 N–H and O–H groups in total. The number of aryl methyl sites for hydroxylation is 2. The van der Waals surface area contributed by atoms with Gasteiger partial charge >= 0.3 is 0 Å². The van der Waals surface area contributed by atoms with E-state index in [9.17, 15) is 14.4 Å². The summed E-state index contributed by atoms with van der Waals surface area (Å²) in [6.45, 7) is 3.82. The molecule has 0 fully saturated rings. The van der Waals surface area contributed by atoms with Crippen LogP contribution < -0.4 is 10.7 Å². The molecule has 0 spiro atoms. The summed E-state index contributed by atoms with van der Waals surface area (Å²) >= 11 is 6.12. The molecule has 0 aliphatic heterocycles. The number of ketones is 1. The second kappa shape index (κ2) is 8.81. The Morgan fingerprint density at radius 2 is 1.53 bits per heavy atom. The number of nitrogens with one attached hydrogen (secondary N) is 1. The SMILES string of the molecule is Cc1ccc(NC(=O)Cn2cc(C(=O)c3ccc(C)cc3)c(=O)c3cc(Cl)ccc32)cc1. The molecule has 0 aliphatic rings. The van der Waals surface area contributed by atoms with E-state index in [2.05, 4.69) is 5.32 Å². The first-order valence-electron chi connectivity index (χ1n) is 10.1. The van der Waals surface area contributed by atoms with Crippen molar-refractivity contribution in [3.63, 3.8) is 0 Å². The van der Waals surface area contributed by atoms with Crippen molar-refractivity contribution < 1.29 is 9.59 Å². The topological polar surface area (TPSA) is 68.2 Å². The molecule has 4 rings (SSSR count). The van der Waals surface area contributed by atoms with E-state index < -0.39 is 11.2 Å². The lowest BCUT2D eigenvalue weighted by molar-refractivity contribution is -0.116. The van der Waals surface area contributed by atoms with E-state index in [0.29, 0.717) is 27.2 Å². The minimum atomic E-state index is -0.414. The summed E-state index contributed by atoms with van der Waals surface area (Å²) in [7, 11) is 0. The molecular formula is C26H21ClN2O3. The molecule has 4 aromatic rings. The van der Waals surface area contributed by atoms with E-state index in [4.69, 9.17) is 11.6 Å². The van der Waals surface area contributed by atoms with Crippen molar-refractivity contribution in [2.24, 2.45) is 0 Å². The van der Waals surface area contributed by atoms with Gasteiger partial charge in [-0.25, -0.2) is 0 Å². The van der Waals surface area contributed by atoms with Gasteiger partial charge in [-0.2, -0.15) is 0 Å². The Bertz CT molecular complexity index is 1390. The van der Waals surface area contributed by atoms with Gasteiger partial charge in [-0.1, -0.05) is 59.1 Å². The van der Waals surface area contributed by atoms with Crippen LogP contribution in [0.4, 0.5) is 5.69 Å². The molecule has 32 heavy (non-hydrogen) atoms. The number of rotatable bonds is 5. The van der Waals surface area contributed by atoms with E-state index >= 15 is 0 Å². The van der Waals surface area contributed by atoms with E-state index in [1.807, 2.05) is 50.2 Å². The molecule has 1 aromatic heterocycles. The summed E-state index contributed by atoms with van der Waals surface area (Å²) < 4.78 is 1.61. The van der Waals surface area contributed by atoms with Crippen molar-refractivity contribution >= 4 is 39.9 Å². The summed E-state index contributed by atoms with van der Waals surface area (Å²) in [4.78, 5) is 39.0. The highest BCUT2D eigenvalue weighted by Gasteiger charge is 2.18. The first kappa shape index (κ1) is 21.5. The highest BCUT2D eigenvalue weighted by Crippen LogP contribution is 2.19. The predicted molar refractivity (Wildman–Crippen MR) is 128 cm³/mol. The van der Waals surface area contributed by atoms with Crippen molar-refractivity contribution in [3.8, 4) is 0 Å². The minimum absolute atomic E-state index is 0.00763. The Kier molecular flexibility index (Phi) is 5.93. The fraction of sp³-hybridized carbons (Fsp3) is 0.115. The number of amides is 1. The zero-order valence-electron chi connectivity index (χ0n) is 17.7. The van der Waals surface area contributed by atoms with Crippen molar-refractivity contribution in [3.05, 3.63) is 110 Å². The van der Waals surface area contributed by atoms with Crippen molar-refractivity contribution in [1.82, 2.24) is 4.57 Å². The fourth-order valence-electron chi connectivity index (χ4n) is 3.51. The molecular weight excluding hydrogens is 424 g/mol. The highest BCUT2D eigenvalue weighted by molar-refractivity contribution is 6.31. The smallest absolute Gasteiger partial charge is 0.244 e. The van der Waals surface area contributed by atoms with Crippen LogP contribution in [0.2, 0.25) is 5.02 Å². The van der Waals surface area contributed by atoms with Crippen LogP contribution in [0.25, 0.3) is 10.9 Å². The van der Waals surface area contributed by atoms with Crippen LogP contribution in [0.1, 0.15) is 27.0 Å². The molecule has 0 radical (unpaired) electrons. The minimum Gasteiger partial charge on any atom is -0.337 e. The van der Waals surface area contributed by atoms with Crippen LogP contribution in [-0.2, 0) is 11.3 Å². The molecule has 160 valence electrons. The molecule has 0 saturated carbocycles. The van der Waals surface area contributed by atoms with E-state index in [0.717, 1.165) is 11.1 Å². The van der Waals surface area contributed by atoms with Gasteiger partial charge in [-0.3, -0.25) is 14.4 Å². The molecule has 0 saturated heterocycles. The second-order valence-electron chi connectivity index (χ2n) is 7.77. The Hall–Kier alpha value is -3.70. The van der Waals surface area contributed by atoms with Crippen molar-refractivity contribution in [2.75, 3.05) is 5.32 Å². The lowest BCUT2D eigenvalue weighted by atomic mass is 10.0. The number of nitrogens with zero attached hydrogens (tertiary/aromatic N) is 1. The van der Waals surface area contributed by atoms with Gasteiger partial charge in [0, 0.05) is 27.9 Å². The van der Waals surface area contributed by atoms with Crippen molar-refractivity contribution in [2.45, 2.75) is 20.4 Å². The number of carbonyl (C=O) groups is 2. The molecule has 1 heterocycles. The maximum absolute atomic E-state index is 13.1. The van der Waals surface area contributed by atoms with E-state index in [1.165, 1.54) is 12.3 Å². The third-order valence-electron chi connectivity index (χ3n) is 5.25. The van der Waals surface area contributed by atoms with Gasteiger partial charge in [0.2, 0.25) is 11.3 Å². The number of benzene rings is 3. The van der Waals surface area contributed by atoms with Gasteiger partial charge in [0.25, 0.3) is 0 Å². The number of pyridine rings is 1. The lowest BCUT2D eigenvalue weighted by Crippen LogP contribution is -2.24. The first-order chi connectivity index (χ1) is 15.3. The molecule has 6 heteroatoms. The van der Waals surface area contributed by atoms with E-state index in [-0.39, 0.29) is 18.0 Å². The lowest BCUT2D eigenvalue weighted by Gasteiger charge is -2.14. The number of carbonyl (C=O) groups excluding carboxylic acids is 2. The average molecular weight is 445 g/mol. The maximum Gasteiger partial charge on any atom is 0.244 e. The predicted octanol–water partition coefficient (Wildman–Crippen LogP) is 5.14. The summed E-state index contributed by atoms with van der Waals surface area (Å²) in [6, 6.07) is 19.3. The number of aromatic nitrogens is 1. The number of hydrogen-bond donors (Lipinski definition) is 1. The van der Waals surface area contributed by atoms with Gasteiger partial charge < -0.3 is 9.88 Å². The Labute approximate surface area is 190 Å². The molecule has 5 nitrogen and oxygen atoms in total. The quantitative estimate of drug-likeness (QED) is 0.433. The molecule has 0 atom stereocenters. The van der Waals surface area contributed by atoms with Gasteiger partial charge in [-0.15, -0.1) is 0 Å². The second-order valence-corrected chi connectivity index (χ2v) is 8.21. The molecule has 3 aromatic carbocycles. The zero-order chi connectivity index (χ0) is 22.8. The zero-order valence-corrected chi connectivity index (χ0v) is 18.4. The van der Waals surface area contributed by atoms with E-state index in [1.54, 1.807) is 28.8 Å². The largest absolute Gasteiger partial charge is 0.337 e. The Balaban J connectivity index is 1.75. The monoisotopic (exact) mass is 444 g/mol. The summed E-state index contributed by atoms with van der Waals surface area (Å²) in [5.41, 5.74) is 3.28. The Morgan fingerprint density at radius 1 is 0.906 bits per heavy atom. The van der Waals surface area contributed by atoms with Gasteiger partial charge in [0.05, 0.1) is 11.1 Å². The molecule has 1 amide bonds. The highest BCUT2D eigenvalue weighted by atomic mass is 35.5. The molecule has 0 aliphatic carbocycles. The van der Waals surface area contributed by atoms with Crippen LogP contribution in [0.15, 0.2) is 77.7 Å². The van der Waals surface area contributed by atoms with Crippen molar-refractivity contribution in [1.29, 1.82) is 0 Å². The van der Waals surface area contributed by atoms with Crippen LogP contribution in [0.3, 0.4) is 0 Å². The number of halogens is 1. The number of hydrogen-bond acceptors (Lipinski definition) is 3. The summed E-state index contributed by atoms with van der Waals surface area (Å²) in [5, 5.41) is 3.52. The number of fused-ring (bicyclic) bond motifs is 1. The third kappa shape index (κ3) is 4.48. The Morgan fingerprint density at radius 3 is 2.19 bits per heavy atom. The fourth-order valence-corrected chi connectivity index (χ4v) is 3.69. The van der Waals surface area contributed by atoms with Gasteiger partial charge in [0.1, 0.15) is 6.54 Å². The normalized spacial score (nSPS) is 10.8. The molecule has 0 bridgehead atoms. The summed E-state index contributed by atoms with van der Waals surface area (Å²) in [5.74, 6) is -0.674. The molecule has 0 unspecified atom stereocenters. The number of anilines is 1. The third-order valence-corrected chi connectivity index (χ3v) is 5.48. The van der Waals surface area contributed by atoms with Gasteiger partial charge in [0.15, 0.2) is 5.78 Å². The van der Waals surface area contributed by atoms with Crippen LogP contribution in [0.5, 0.6) is 0 Å². The van der Waals surface area contributed by atoms with Crippen LogP contribution in [-0.4, -0.2) is 16.3 Å². The van der Waals surface area contributed by atoms with Crippen LogP contribution in [0, 0.1) is 13.8 Å². The van der Waals surface area contributed by atoms with Crippen LogP contribution >= 0.6 is 11.6 Å².